The molecule has 0 heterocycles. The zero-order chi connectivity index (χ0) is 12.8. The van der Waals surface area contributed by atoms with Crippen LogP contribution >= 0.6 is 0 Å². The topological polar surface area (TPSA) is 46.5 Å². The zero-order valence-electron chi connectivity index (χ0n) is 10.4. The van der Waals surface area contributed by atoms with E-state index in [9.17, 15) is 9.90 Å². The highest BCUT2D eigenvalue weighted by Crippen LogP contribution is 2.24. The van der Waals surface area contributed by atoms with Gasteiger partial charge in [-0.05, 0) is 30.7 Å². The van der Waals surface area contributed by atoms with E-state index in [1.54, 1.807) is 51.3 Å². The van der Waals surface area contributed by atoms with Gasteiger partial charge in [0, 0.05) is 5.92 Å². The molecule has 0 radical (unpaired) electrons. The number of carbonyl (C=O) groups is 1. The second-order valence-electron chi connectivity index (χ2n) is 3.91. The molecule has 0 aliphatic carbocycles. The maximum absolute atomic E-state index is 11.6. The predicted molar refractivity (Wildman–Crippen MR) is 66.9 cm³/mol. The molecule has 0 spiro atoms. The van der Waals surface area contributed by atoms with Crippen LogP contribution in [0.3, 0.4) is 0 Å². The fraction of sp³-hybridized carbons (Fsp3) is 0.357. The van der Waals surface area contributed by atoms with E-state index < -0.39 is 12.0 Å². The Balaban J connectivity index is 2.80. The van der Waals surface area contributed by atoms with Crippen molar-refractivity contribution in [1.82, 2.24) is 0 Å². The van der Waals surface area contributed by atoms with Crippen molar-refractivity contribution >= 4 is 5.78 Å². The average molecular weight is 234 g/mol. The molecule has 0 aliphatic rings. The second-order valence-corrected chi connectivity index (χ2v) is 3.91. The van der Waals surface area contributed by atoms with Crippen LogP contribution in [0.15, 0.2) is 36.4 Å². The first-order valence-corrected chi connectivity index (χ1v) is 5.58. The Kier molecular flexibility index (Phi) is 4.91. The van der Waals surface area contributed by atoms with E-state index in [-0.39, 0.29) is 5.78 Å². The van der Waals surface area contributed by atoms with Crippen LogP contribution in [0.5, 0.6) is 5.75 Å². The standard InChI is InChI=1S/C14H18O3/c1-4-5-13(15)10(2)14(16)11-6-8-12(17-3)9-7-11/h4-10,14,16H,1-3H3/b5-4+/t10-,14-/m0/s1. The van der Waals surface area contributed by atoms with Crippen LogP contribution in [0.2, 0.25) is 0 Å². The number of aliphatic hydroxyl groups excluding tert-OH is 1. The van der Waals surface area contributed by atoms with Gasteiger partial charge < -0.3 is 9.84 Å². The number of ketones is 1. The van der Waals surface area contributed by atoms with E-state index in [0.717, 1.165) is 11.3 Å². The molecule has 0 aliphatic heterocycles. The van der Waals surface area contributed by atoms with Crippen molar-refractivity contribution in [1.29, 1.82) is 0 Å². The Hall–Kier alpha value is -1.61. The molecule has 3 nitrogen and oxygen atoms in total. The van der Waals surface area contributed by atoms with Gasteiger partial charge in [-0.2, -0.15) is 0 Å². The van der Waals surface area contributed by atoms with Crippen LogP contribution in [0, 0.1) is 5.92 Å². The molecular formula is C14H18O3. The molecule has 3 heteroatoms. The van der Waals surface area contributed by atoms with Crippen molar-refractivity contribution in [3.8, 4) is 5.75 Å². The molecule has 0 saturated heterocycles. The Morgan fingerprint density at radius 3 is 2.41 bits per heavy atom. The molecule has 1 aromatic carbocycles. The molecule has 1 aromatic rings. The fourth-order valence-electron chi connectivity index (χ4n) is 1.56. The summed E-state index contributed by atoms with van der Waals surface area (Å²) in [5.41, 5.74) is 0.719. The summed E-state index contributed by atoms with van der Waals surface area (Å²) in [6.45, 7) is 3.50. The van der Waals surface area contributed by atoms with Gasteiger partial charge in [-0.25, -0.2) is 0 Å². The third-order valence-corrected chi connectivity index (χ3v) is 2.71. The molecule has 1 rings (SSSR count). The van der Waals surface area contributed by atoms with Crippen LogP contribution < -0.4 is 4.74 Å². The van der Waals surface area contributed by atoms with Crippen LogP contribution in [0.1, 0.15) is 25.5 Å². The molecule has 0 amide bonds. The number of hydrogen-bond donors (Lipinski definition) is 1. The van der Waals surface area contributed by atoms with E-state index in [1.165, 1.54) is 6.08 Å². The fourth-order valence-corrected chi connectivity index (χ4v) is 1.56. The van der Waals surface area contributed by atoms with E-state index in [0.29, 0.717) is 0 Å². The van der Waals surface area contributed by atoms with Crippen molar-refractivity contribution in [3.63, 3.8) is 0 Å². The van der Waals surface area contributed by atoms with Crippen LogP contribution in [0.25, 0.3) is 0 Å². The monoisotopic (exact) mass is 234 g/mol. The molecule has 0 unspecified atom stereocenters. The van der Waals surface area contributed by atoms with Crippen molar-refractivity contribution in [3.05, 3.63) is 42.0 Å². The SMILES string of the molecule is C/C=C/C(=O)[C@H](C)[C@H](O)c1ccc(OC)cc1. The highest BCUT2D eigenvalue weighted by atomic mass is 16.5. The number of benzene rings is 1. The van der Waals surface area contributed by atoms with E-state index >= 15 is 0 Å². The predicted octanol–water partition coefficient (Wildman–Crippen LogP) is 2.51. The lowest BCUT2D eigenvalue weighted by atomic mass is 9.93. The van der Waals surface area contributed by atoms with Crippen molar-refractivity contribution in [2.75, 3.05) is 7.11 Å². The van der Waals surface area contributed by atoms with Gasteiger partial charge in [0.25, 0.3) is 0 Å². The van der Waals surface area contributed by atoms with Crippen LogP contribution in [0.4, 0.5) is 0 Å². The summed E-state index contributed by atoms with van der Waals surface area (Å²) in [7, 11) is 1.59. The normalized spacial score (nSPS) is 14.6. The third-order valence-electron chi connectivity index (χ3n) is 2.71. The minimum Gasteiger partial charge on any atom is -0.497 e. The van der Waals surface area contributed by atoms with Gasteiger partial charge in [0.15, 0.2) is 5.78 Å². The van der Waals surface area contributed by atoms with Gasteiger partial charge in [-0.1, -0.05) is 25.1 Å². The lowest BCUT2D eigenvalue weighted by Crippen LogP contribution is -2.17. The summed E-state index contributed by atoms with van der Waals surface area (Å²) in [4.78, 5) is 11.6. The molecule has 0 aromatic heterocycles. The van der Waals surface area contributed by atoms with Crippen LogP contribution in [-0.2, 0) is 4.79 Å². The summed E-state index contributed by atoms with van der Waals surface area (Å²) in [5.74, 6) is 0.212. The highest BCUT2D eigenvalue weighted by Gasteiger charge is 2.21. The van der Waals surface area contributed by atoms with Crippen LogP contribution in [-0.4, -0.2) is 18.0 Å². The van der Waals surface area contributed by atoms with Crippen molar-refractivity contribution < 1.29 is 14.6 Å². The van der Waals surface area contributed by atoms with E-state index in [4.69, 9.17) is 4.74 Å². The Labute approximate surface area is 102 Å². The minimum atomic E-state index is -0.787. The second kappa shape index (κ2) is 6.21. The smallest absolute Gasteiger partial charge is 0.161 e. The summed E-state index contributed by atoms with van der Waals surface area (Å²) in [6.07, 6.45) is 2.38. The number of rotatable bonds is 5. The molecule has 92 valence electrons. The third kappa shape index (κ3) is 3.43. The lowest BCUT2D eigenvalue weighted by Gasteiger charge is -2.17. The van der Waals surface area contributed by atoms with E-state index in [2.05, 4.69) is 0 Å². The lowest BCUT2D eigenvalue weighted by molar-refractivity contribution is -0.121. The molecule has 1 N–H and O–H groups in total. The van der Waals surface area contributed by atoms with Crippen molar-refractivity contribution in [2.24, 2.45) is 5.92 Å². The Morgan fingerprint density at radius 1 is 1.35 bits per heavy atom. The van der Waals surface area contributed by atoms with Gasteiger partial charge in [-0.15, -0.1) is 0 Å². The van der Waals surface area contributed by atoms with Gasteiger partial charge in [0.05, 0.1) is 13.2 Å². The first-order chi connectivity index (χ1) is 8.10. The molecule has 0 bridgehead atoms. The number of ether oxygens (including phenoxy) is 1. The number of aliphatic hydroxyl groups is 1. The van der Waals surface area contributed by atoms with E-state index in [1.807, 2.05) is 0 Å². The summed E-state index contributed by atoms with van der Waals surface area (Å²) in [6, 6.07) is 7.07. The Morgan fingerprint density at radius 2 is 1.94 bits per heavy atom. The largest absolute Gasteiger partial charge is 0.497 e. The number of allylic oxidation sites excluding steroid dienone is 2. The maximum Gasteiger partial charge on any atom is 0.161 e. The summed E-state index contributed by atoms with van der Waals surface area (Å²) >= 11 is 0. The van der Waals surface area contributed by atoms with Gasteiger partial charge in [0.1, 0.15) is 5.75 Å². The number of carbonyl (C=O) groups excluding carboxylic acids is 1. The molecule has 2 atom stereocenters. The first-order valence-electron chi connectivity index (χ1n) is 5.58. The molecular weight excluding hydrogens is 216 g/mol. The maximum atomic E-state index is 11.6. The van der Waals surface area contributed by atoms with Gasteiger partial charge >= 0.3 is 0 Å². The summed E-state index contributed by atoms with van der Waals surface area (Å²) < 4.78 is 5.04. The molecule has 0 saturated carbocycles. The zero-order valence-corrected chi connectivity index (χ0v) is 10.4. The van der Waals surface area contributed by atoms with Gasteiger partial charge in [-0.3, -0.25) is 4.79 Å². The Bertz CT molecular complexity index is 392. The highest BCUT2D eigenvalue weighted by molar-refractivity contribution is 5.91. The quantitative estimate of drug-likeness (QED) is 0.796. The molecule has 0 fully saturated rings. The number of methoxy groups -OCH3 is 1. The molecule has 17 heavy (non-hydrogen) atoms. The van der Waals surface area contributed by atoms with Gasteiger partial charge in [0.2, 0.25) is 0 Å². The first kappa shape index (κ1) is 13.5. The minimum absolute atomic E-state index is 0.0733. The van der Waals surface area contributed by atoms with Crippen molar-refractivity contribution in [2.45, 2.75) is 20.0 Å². The number of hydrogen-bond acceptors (Lipinski definition) is 3. The average Bonchev–Trinajstić information content (AvgIpc) is 2.37. The summed E-state index contributed by atoms with van der Waals surface area (Å²) in [5, 5.41) is 10.1.